The first kappa shape index (κ1) is 22.7. The Bertz CT molecular complexity index is 1080. The van der Waals surface area contributed by atoms with Crippen LogP contribution in [0.1, 0.15) is 34.8 Å². The summed E-state index contributed by atoms with van der Waals surface area (Å²) in [4.78, 5) is 22.7. The zero-order valence-electron chi connectivity index (χ0n) is 19.1. The van der Waals surface area contributed by atoms with E-state index < -0.39 is 0 Å². The van der Waals surface area contributed by atoms with Crippen LogP contribution in [-0.2, 0) is 4.74 Å². The second-order valence-electron chi connectivity index (χ2n) is 8.14. The van der Waals surface area contributed by atoms with Crippen molar-refractivity contribution in [1.29, 1.82) is 0 Å². The molecule has 0 atom stereocenters. The number of hydrogen-bond donors (Lipinski definition) is 0. The van der Waals surface area contributed by atoms with Gasteiger partial charge in [-0.25, -0.2) is 4.98 Å². The molecule has 1 aliphatic heterocycles. The highest BCUT2D eigenvalue weighted by molar-refractivity contribution is 7.22. The molecule has 0 unspecified atom stereocenters. The molecule has 4 rings (SSSR count). The number of ether oxygens (including phenoxy) is 2. The van der Waals surface area contributed by atoms with Crippen LogP contribution >= 0.6 is 11.3 Å². The SMILES string of the molecule is CCOc1ccc2nc(N(CCCN3CCOCC3)C(=O)c3cc(C)ccc3C)sc2c1. The number of carbonyl (C=O) groups excluding carboxylic acids is 1. The average molecular weight is 454 g/mol. The lowest BCUT2D eigenvalue weighted by molar-refractivity contribution is 0.0376. The average Bonchev–Trinajstić information content (AvgIpc) is 3.22. The summed E-state index contributed by atoms with van der Waals surface area (Å²) in [5.41, 5.74) is 3.70. The van der Waals surface area contributed by atoms with Gasteiger partial charge in [-0.3, -0.25) is 14.6 Å². The summed E-state index contributed by atoms with van der Waals surface area (Å²) in [6, 6.07) is 11.9. The molecule has 2 aromatic carbocycles. The van der Waals surface area contributed by atoms with Gasteiger partial charge in [0.1, 0.15) is 5.75 Å². The number of carbonyl (C=O) groups is 1. The van der Waals surface area contributed by atoms with E-state index in [1.807, 2.05) is 62.1 Å². The van der Waals surface area contributed by atoms with Crippen molar-refractivity contribution in [3.05, 3.63) is 53.1 Å². The van der Waals surface area contributed by atoms with Crippen LogP contribution in [0.5, 0.6) is 5.75 Å². The molecule has 1 saturated heterocycles. The van der Waals surface area contributed by atoms with E-state index in [0.29, 0.717) is 13.2 Å². The van der Waals surface area contributed by atoms with Crippen LogP contribution in [0.4, 0.5) is 5.13 Å². The van der Waals surface area contributed by atoms with Gasteiger partial charge in [0.15, 0.2) is 5.13 Å². The number of amides is 1. The standard InChI is InChI=1S/C25H31N3O3S/c1-4-31-20-8-9-22-23(17-20)32-25(26-22)28(11-5-10-27-12-14-30-15-13-27)24(29)21-16-18(2)6-7-19(21)3/h6-9,16-17H,4-5,10-15H2,1-3H3. The normalized spacial score (nSPS) is 14.6. The zero-order chi connectivity index (χ0) is 22.5. The molecular weight excluding hydrogens is 422 g/mol. The highest BCUT2D eigenvalue weighted by atomic mass is 32.1. The molecule has 0 saturated carbocycles. The van der Waals surface area contributed by atoms with Gasteiger partial charge in [-0.15, -0.1) is 0 Å². The van der Waals surface area contributed by atoms with E-state index >= 15 is 0 Å². The number of nitrogens with zero attached hydrogens (tertiary/aromatic N) is 3. The van der Waals surface area contributed by atoms with Gasteiger partial charge in [0, 0.05) is 31.7 Å². The maximum atomic E-state index is 13.7. The Morgan fingerprint density at radius 2 is 2.00 bits per heavy atom. The van der Waals surface area contributed by atoms with E-state index in [1.165, 1.54) is 0 Å². The first-order chi connectivity index (χ1) is 15.5. The summed E-state index contributed by atoms with van der Waals surface area (Å²) in [5.74, 6) is 0.840. The lowest BCUT2D eigenvalue weighted by Gasteiger charge is -2.28. The molecule has 1 amide bonds. The maximum absolute atomic E-state index is 13.7. The molecule has 0 bridgehead atoms. The third-order valence-electron chi connectivity index (χ3n) is 5.72. The number of hydrogen-bond acceptors (Lipinski definition) is 6. The number of thiazole rings is 1. The van der Waals surface area contributed by atoms with E-state index in [9.17, 15) is 4.79 Å². The summed E-state index contributed by atoms with van der Waals surface area (Å²) in [6.07, 6.45) is 0.886. The third kappa shape index (κ3) is 5.28. The van der Waals surface area contributed by atoms with Gasteiger partial charge < -0.3 is 9.47 Å². The van der Waals surface area contributed by atoms with Gasteiger partial charge in [-0.2, -0.15) is 0 Å². The first-order valence-corrected chi connectivity index (χ1v) is 12.1. The van der Waals surface area contributed by atoms with Crippen molar-refractivity contribution in [1.82, 2.24) is 9.88 Å². The Kier molecular flexibility index (Phi) is 7.40. The molecule has 1 aliphatic rings. The van der Waals surface area contributed by atoms with Crippen LogP contribution in [-0.4, -0.2) is 61.8 Å². The third-order valence-corrected chi connectivity index (χ3v) is 6.76. The Balaban J connectivity index is 1.60. The molecule has 7 heteroatoms. The highest BCUT2D eigenvalue weighted by Crippen LogP contribution is 2.32. The van der Waals surface area contributed by atoms with E-state index in [-0.39, 0.29) is 5.91 Å². The number of aryl methyl sites for hydroxylation is 2. The number of benzene rings is 2. The van der Waals surface area contributed by atoms with Gasteiger partial charge in [0.25, 0.3) is 5.91 Å². The second-order valence-corrected chi connectivity index (χ2v) is 9.15. The van der Waals surface area contributed by atoms with Gasteiger partial charge >= 0.3 is 0 Å². The van der Waals surface area contributed by atoms with Gasteiger partial charge in [-0.1, -0.05) is 29.0 Å². The summed E-state index contributed by atoms with van der Waals surface area (Å²) < 4.78 is 12.1. The number of rotatable bonds is 8. The zero-order valence-corrected chi connectivity index (χ0v) is 19.9. The van der Waals surface area contributed by atoms with E-state index in [1.54, 1.807) is 11.3 Å². The minimum Gasteiger partial charge on any atom is -0.494 e. The molecule has 1 aromatic heterocycles. The quantitative estimate of drug-likeness (QED) is 0.496. The van der Waals surface area contributed by atoms with E-state index in [0.717, 1.165) is 77.1 Å². The lowest BCUT2D eigenvalue weighted by atomic mass is 10.0. The van der Waals surface area contributed by atoms with E-state index in [2.05, 4.69) is 4.90 Å². The molecule has 1 fully saturated rings. The molecule has 32 heavy (non-hydrogen) atoms. The first-order valence-electron chi connectivity index (χ1n) is 11.3. The van der Waals surface area contributed by atoms with Crippen LogP contribution in [0, 0.1) is 13.8 Å². The number of aromatic nitrogens is 1. The molecule has 0 spiro atoms. The summed E-state index contributed by atoms with van der Waals surface area (Å²) >= 11 is 1.54. The molecule has 3 aromatic rings. The van der Waals surface area contributed by atoms with Gasteiger partial charge in [0.2, 0.25) is 0 Å². The van der Waals surface area contributed by atoms with Crippen molar-refractivity contribution >= 4 is 32.6 Å². The van der Waals surface area contributed by atoms with Gasteiger partial charge in [0.05, 0.1) is 30.0 Å². The van der Waals surface area contributed by atoms with Crippen molar-refractivity contribution in [3.63, 3.8) is 0 Å². The number of morpholine rings is 1. The molecule has 0 radical (unpaired) electrons. The minimum atomic E-state index is 0.0114. The van der Waals surface area contributed by atoms with Gasteiger partial charge in [-0.05, 0) is 57.0 Å². The van der Waals surface area contributed by atoms with Crippen LogP contribution < -0.4 is 9.64 Å². The Labute approximate surface area is 193 Å². The largest absolute Gasteiger partial charge is 0.494 e. The molecular formula is C25H31N3O3S. The molecule has 2 heterocycles. The Morgan fingerprint density at radius 1 is 1.19 bits per heavy atom. The number of fused-ring (bicyclic) bond motifs is 1. The van der Waals surface area contributed by atoms with Crippen molar-refractivity contribution in [3.8, 4) is 5.75 Å². The fourth-order valence-corrected chi connectivity index (χ4v) is 4.96. The van der Waals surface area contributed by atoms with Crippen molar-refractivity contribution in [2.45, 2.75) is 27.2 Å². The van der Waals surface area contributed by atoms with Crippen molar-refractivity contribution in [2.24, 2.45) is 0 Å². The maximum Gasteiger partial charge on any atom is 0.260 e. The smallest absolute Gasteiger partial charge is 0.260 e. The lowest BCUT2D eigenvalue weighted by Crippen LogP contribution is -2.39. The van der Waals surface area contributed by atoms with Crippen LogP contribution in [0.2, 0.25) is 0 Å². The summed E-state index contributed by atoms with van der Waals surface area (Å²) in [7, 11) is 0. The van der Waals surface area contributed by atoms with Crippen molar-refractivity contribution < 1.29 is 14.3 Å². The second kappa shape index (κ2) is 10.4. The minimum absolute atomic E-state index is 0.0114. The van der Waals surface area contributed by atoms with Crippen molar-refractivity contribution in [2.75, 3.05) is 50.9 Å². The predicted molar refractivity (Wildman–Crippen MR) is 130 cm³/mol. The topological polar surface area (TPSA) is 54.9 Å². The highest BCUT2D eigenvalue weighted by Gasteiger charge is 2.23. The summed E-state index contributed by atoms with van der Waals surface area (Å²) in [5, 5.41) is 0.738. The number of anilines is 1. The molecule has 6 nitrogen and oxygen atoms in total. The monoisotopic (exact) mass is 453 g/mol. The van der Waals surface area contributed by atoms with Crippen LogP contribution in [0.25, 0.3) is 10.2 Å². The van der Waals surface area contributed by atoms with Crippen LogP contribution in [0.3, 0.4) is 0 Å². The molecule has 0 N–H and O–H groups in total. The summed E-state index contributed by atoms with van der Waals surface area (Å²) in [6.45, 7) is 11.6. The fourth-order valence-electron chi connectivity index (χ4n) is 3.94. The Hall–Kier alpha value is -2.48. The Morgan fingerprint density at radius 3 is 2.78 bits per heavy atom. The van der Waals surface area contributed by atoms with Crippen LogP contribution in [0.15, 0.2) is 36.4 Å². The predicted octanol–water partition coefficient (Wildman–Crippen LogP) is 4.68. The molecule has 0 aliphatic carbocycles. The molecule has 170 valence electrons. The fraction of sp³-hybridized carbons (Fsp3) is 0.440. The van der Waals surface area contributed by atoms with E-state index in [4.69, 9.17) is 14.5 Å².